The summed E-state index contributed by atoms with van der Waals surface area (Å²) in [5.74, 6) is 1.54. The van der Waals surface area contributed by atoms with E-state index in [1.807, 2.05) is 49.1 Å². The zero-order chi connectivity index (χ0) is 23.9. The van der Waals surface area contributed by atoms with Crippen molar-refractivity contribution in [2.45, 2.75) is 12.3 Å². The van der Waals surface area contributed by atoms with Crippen molar-refractivity contribution in [1.29, 1.82) is 0 Å². The van der Waals surface area contributed by atoms with E-state index >= 15 is 0 Å². The Bertz CT molecular complexity index is 1540. The summed E-state index contributed by atoms with van der Waals surface area (Å²) in [6.45, 7) is 0.677. The van der Waals surface area contributed by atoms with Crippen LogP contribution in [0, 0.1) is 0 Å². The van der Waals surface area contributed by atoms with Crippen molar-refractivity contribution in [3.8, 4) is 22.8 Å². The fourth-order valence-electron chi connectivity index (χ4n) is 4.28. The number of benzene rings is 2. The minimum absolute atomic E-state index is 0.259. The zero-order valence-electron chi connectivity index (χ0n) is 19.0. The highest BCUT2D eigenvalue weighted by Crippen LogP contribution is 2.39. The van der Waals surface area contributed by atoms with Gasteiger partial charge in [0.1, 0.15) is 24.0 Å². The Morgan fingerprint density at radius 1 is 1.14 bits per heavy atom. The van der Waals surface area contributed by atoms with E-state index in [9.17, 15) is 4.39 Å². The van der Waals surface area contributed by atoms with E-state index < -0.39 is 12.3 Å². The molecule has 178 valence electrons. The van der Waals surface area contributed by atoms with Gasteiger partial charge in [-0.25, -0.2) is 19.3 Å². The number of fused-ring (bicyclic) bond motifs is 2. The predicted molar refractivity (Wildman–Crippen MR) is 133 cm³/mol. The van der Waals surface area contributed by atoms with Crippen LogP contribution in [0.25, 0.3) is 32.2 Å². The lowest BCUT2D eigenvalue weighted by Crippen LogP contribution is -2.27. The average molecular weight is 492 g/mol. The van der Waals surface area contributed by atoms with Crippen molar-refractivity contribution in [2.75, 3.05) is 25.5 Å². The Kier molecular flexibility index (Phi) is 5.42. The van der Waals surface area contributed by atoms with Crippen molar-refractivity contribution in [3.63, 3.8) is 0 Å². The predicted octanol–water partition coefficient (Wildman–Crippen LogP) is 4.08. The number of rotatable bonds is 6. The van der Waals surface area contributed by atoms with Gasteiger partial charge in [0.05, 0.1) is 39.3 Å². The lowest BCUT2D eigenvalue weighted by molar-refractivity contribution is 0.142. The number of thiazole rings is 1. The summed E-state index contributed by atoms with van der Waals surface area (Å²) in [6, 6.07) is 9.73. The van der Waals surface area contributed by atoms with Crippen LogP contribution in [0.2, 0.25) is 0 Å². The highest BCUT2D eigenvalue weighted by Gasteiger charge is 2.30. The number of nitrogens with one attached hydrogen (secondary N) is 2. The maximum absolute atomic E-state index is 14.5. The van der Waals surface area contributed by atoms with Crippen LogP contribution in [-0.4, -0.2) is 57.2 Å². The van der Waals surface area contributed by atoms with Crippen LogP contribution in [-0.2, 0) is 7.05 Å². The molecule has 1 aliphatic heterocycles. The molecule has 2 aromatic carbocycles. The van der Waals surface area contributed by atoms with E-state index in [1.54, 1.807) is 23.1 Å². The summed E-state index contributed by atoms with van der Waals surface area (Å²) in [7, 11) is 3.40. The molecule has 0 radical (unpaired) electrons. The van der Waals surface area contributed by atoms with E-state index in [1.165, 1.54) is 6.33 Å². The largest absolute Gasteiger partial charge is 0.485 e. The fraction of sp³-hybridized carbons (Fsp3) is 0.250. The monoisotopic (exact) mass is 491 g/mol. The molecule has 11 heteroatoms. The summed E-state index contributed by atoms with van der Waals surface area (Å²) < 4.78 is 29.0. The van der Waals surface area contributed by atoms with Gasteiger partial charge in [-0.3, -0.25) is 4.68 Å². The first kappa shape index (κ1) is 21.7. The third kappa shape index (κ3) is 4.02. The molecule has 0 aliphatic carbocycles. The number of nitrogens with zero attached hydrogens (tertiary/aromatic N) is 5. The Morgan fingerprint density at radius 3 is 2.89 bits per heavy atom. The number of alkyl halides is 1. The topological polar surface area (TPSA) is 99.0 Å². The molecule has 0 bridgehead atoms. The number of methoxy groups -OCH3 is 1. The van der Waals surface area contributed by atoms with Crippen molar-refractivity contribution in [1.82, 2.24) is 30.0 Å². The molecule has 35 heavy (non-hydrogen) atoms. The molecule has 6 rings (SSSR count). The fourth-order valence-corrected chi connectivity index (χ4v) is 5.00. The third-order valence-corrected chi connectivity index (χ3v) is 6.75. The van der Waals surface area contributed by atoms with Crippen molar-refractivity contribution in [2.24, 2.45) is 7.05 Å². The van der Waals surface area contributed by atoms with Gasteiger partial charge >= 0.3 is 0 Å². The highest BCUT2D eigenvalue weighted by atomic mass is 32.1. The number of halogens is 1. The van der Waals surface area contributed by atoms with E-state index in [4.69, 9.17) is 9.47 Å². The molecule has 2 atom stereocenters. The third-order valence-electron chi connectivity index (χ3n) is 5.96. The molecule has 9 nitrogen and oxygen atoms in total. The quantitative estimate of drug-likeness (QED) is 0.367. The van der Waals surface area contributed by atoms with Gasteiger partial charge in [-0.15, -0.1) is 16.4 Å². The van der Waals surface area contributed by atoms with Gasteiger partial charge in [-0.05, 0) is 35.9 Å². The summed E-state index contributed by atoms with van der Waals surface area (Å²) >= 11 is 1.57. The summed E-state index contributed by atoms with van der Waals surface area (Å²) in [5, 5.41) is 11.5. The summed E-state index contributed by atoms with van der Waals surface area (Å²) in [6.07, 6.45) is 1.63. The number of ether oxygens (including phenoxy) is 2. The molecule has 1 saturated heterocycles. The Morgan fingerprint density at radius 2 is 2.06 bits per heavy atom. The first-order valence-electron chi connectivity index (χ1n) is 11.1. The first-order valence-corrected chi connectivity index (χ1v) is 12.0. The second kappa shape index (κ2) is 8.75. The van der Waals surface area contributed by atoms with Gasteiger partial charge in [0.25, 0.3) is 0 Å². The summed E-state index contributed by atoms with van der Waals surface area (Å²) in [4.78, 5) is 13.3. The second-order valence-electron chi connectivity index (χ2n) is 8.31. The van der Waals surface area contributed by atoms with Gasteiger partial charge < -0.3 is 20.1 Å². The van der Waals surface area contributed by atoms with Gasteiger partial charge in [0.2, 0.25) is 5.88 Å². The average Bonchev–Trinajstić information content (AvgIpc) is 3.58. The van der Waals surface area contributed by atoms with E-state index in [0.29, 0.717) is 34.9 Å². The maximum atomic E-state index is 14.5. The molecule has 0 amide bonds. The lowest BCUT2D eigenvalue weighted by atomic mass is 10.0. The molecule has 5 aromatic rings. The lowest BCUT2D eigenvalue weighted by Gasteiger charge is -2.19. The molecule has 1 aliphatic rings. The highest BCUT2D eigenvalue weighted by molar-refractivity contribution is 7.16. The molecule has 0 spiro atoms. The van der Waals surface area contributed by atoms with Crippen molar-refractivity contribution in [3.05, 3.63) is 48.4 Å². The number of hydrogen-bond donors (Lipinski definition) is 2. The van der Waals surface area contributed by atoms with Gasteiger partial charge in [0, 0.05) is 32.0 Å². The normalized spacial score (nSPS) is 17.8. The van der Waals surface area contributed by atoms with Gasteiger partial charge in [-0.2, -0.15) is 0 Å². The molecular formula is C24H22FN7O2S. The van der Waals surface area contributed by atoms with E-state index in [-0.39, 0.29) is 6.54 Å². The van der Waals surface area contributed by atoms with Gasteiger partial charge in [-0.1, -0.05) is 0 Å². The molecule has 1 fully saturated rings. The SMILES string of the molecule is COc1nn(C)cc1-c1cc(O[C@H]2CNC[C@H]2F)c2c(Nc3ccc4ncsc4c3)ncnc2c1. The minimum Gasteiger partial charge on any atom is -0.485 e. The number of hydrogen-bond acceptors (Lipinski definition) is 9. The van der Waals surface area contributed by atoms with Crippen LogP contribution in [0.4, 0.5) is 15.9 Å². The summed E-state index contributed by atoms with van der Waals surface area (Å²) in [5.41, 5.74) is 5.85. The molecule has 4 heterocycles. The first-order chi connectivity index (χ1) is 17.1. The molecule has 0 saturated carbocycles. The molecule has 2 N–H and O–H groups in total. The second-order valence-corrected chi connectivity index (χ2v) is 9.19. The van der Waals surface area contributed by atoms with E-state index in [0.717, 1.165) is 27.0 Å². The van der Waals surface area contributed by atoms with Crippen LogP contribution in [0.3, 0.4) is 0 Å². The van der Waals surface area contributed by atoms with Gasteiger partial charge in [0.15, 0.2) is 6.17 Å². The number of aromatic nitrogens is 5. The molecule has 0 unspecified atom stereocenters. The number of aryl methyl sites for hydroxylation is 1. The maximum Gasteiger partial charge on any atom is 0.240 e. The van der Waals surface area contributed by atoms with Crippen LogP contribution in [0.15, 0.2) is 48.4 Å². The van der Waals surface area contributed by atoms with Crippen LogP contribution in [0.1, 0.15) is 0 Å². The number of anilines is 2. The van der Waals surface area contributed by atoms with Crippen LogP contribution >= 0.6 is 11.3 Å². The Balaban J connectivity index is 1.49. The van der Waals surface area contributed by atoms with Crippen LogP contribution < -0.4 is 20.1 Å². The Labute approximate surface area is 203 Å². The van der Waals surface area contributed by atoms with E-state index in [2.05, 4.69) is 30.7 Å². The zero-order valence-corrected chi connectivity index (χ0v) is 19.8. The molecule has 3 aromatic heterocycles. The Hall–Kier alpha value is -3.83. The van der Waals surface area contributed by atoms with Crippen LogP contribution in [0.5, 0.6) is 11.6 Å². The standard InChI is InChI=1S/C24H22FN7O2S/c1-32-10-15(24(31-32)33-2)13-5-18-22(19(6-13)34-20-9-26-8-16(20)25)23(28-11-27-18)30-14-3-4-17-21(7-14)35-12-29-17/h3-7,10-12,16,20,26H,8-9H2,1-2H3,(H,27,28,30)/t16-,20+/m1/s1. The molecular weight excluding hydrogens is 469 g/mol. The minimum atomic E-state index is -1.11. The van der Waals surface area contributed by atoms with Crippen molar-refractivity contribution < 1.29 is 13.9 Å². The smallest absolute Gasteiger partial charge is 0.240 e. The van der Waals surface area contributed by atoms with Crippen molar-refractivity contribution >= 4 is 44.0 Å².